The zero-order chi connectivity index (χ0) is 12.8. The highest BCUT2D eigenvalue weighted by molar-refractivity contribution is 5.09. The van der Waals surface area contributed by atoms with Gasteiger partial charge in [-0.25, -0.2) is 0 Å². The fourth-order valence-corrected chi connectivity index (χ4v) is 3.34. The van der Waals surface area contributed by atoms with Crippen LogP contribution in [0, 0.1) is 11.8 Å². The van der Waals surface area contributed by atoms with Crippen LogP contribution in [0.3, 0.4) is 0 Å². The van der Waals surface area contributed by atoms with Crippen LogP contribution in [0.15, 0.2) is 12.2 Å². The Morgan fingerprint density at radius 2 is 2.12 bits per heavy atom. The van der Waals surface area contributed by atoms with Crippen LogP contribution in [-0.2, 0) is 0 Å². The van der Waals surface area contributed by atoms with Crippen molar-refractivity contribution in [1.82, 2.24) is 4.90 Å². The molecule has 1 saturated heterocycles. The molecule has 1 unspecified atom stereocenters. The molecule has 0 aromatic carbocycles. The van der Waals surface area contributed by atoms with Crippen LogP contribution in [0.4, 0.5) is 0 Å². The summed E-state index contributed by atoms with van der Waals surface area (Å²) in [5.74, 6) is 1.31. The molecule has 1 heterocycles. The van der Waals surface area contributed by atoms with Crippen molar-refractivity contribution in [3.05, 3.63) is 12.2 Å². The molecular weight excluding hydrogens is 210 g/mol. The van der Waals surface area contributed by atoms with Crippen LogP contribution in [-0.4, -0.2) is 34.2 Å². The van der Waals surface area contributed by atoms with Gasteiger partial charge in [0.15, 0.2) is 0 Å². The summed E-state index contributed by atoms with van der Waals surface area (Å²) in [7, 11) is 0. The standard InChI is InChI=1S/C15H27NO/c1-10(2)12-6-7-15(5,17)14(8-12)16-9-13(16)11(3)4/h11-14,17H,1,6-9H2,2-5H3/t12-,13+,14+,15+,16?/m1/s1. The predicted molar refractivity (Wildman–Crippen MR) is 71.9 cm³/mol. The molecule has 1 N–H and O–H groups in total. The number of hydrogen-bond donors (Lipinski definition) is 1. The van der Waals surface area contributed by atoms with E-state index in [0.29, 0.717) is 23.9 Å². The first-order valence-electron chi connectivity index (χ1n) is 6.96. The minimum absolute atomic E-state index is 0.338. The van der Waals surface area contributed by atoms with Crippen LogP contribution in [0.25, 0.3) is 0 Å². The lowest BCUT2D eigenvalue weighted by Gasteiger charge is -2.42. The molecule has 1 aliphatic carbocycles. The van der Waals surface area contributed by atoms with Crippen LogP contribution >= 0.6 is 0 Å². The van der Waals surface area contributed by atoms with Crippen LogP contribution in [0.5, 0.6) is 0 Å². The van der Waals surface area contributed by atoms with Crippen molar-refractivity contribution < 1.29 is 5.11 Å². The summed E-state index contributed by atoms with van der Waals surface area (Å²) in [6.07, 6.45) is 3.10. The molecule has 0 bridgehead atoms. The molecular formula is C15H27NO. The van der Waals surface area contributed by atoms with E-state index in [1.165, 1.54) is 12.1 Å². The lowest BCUT2D eigenvalue weighted by atomic mass is 9.74. The van der Waals surface area contributed by atoms with E-state index in [9.17, 15) is 5.11 Å². The Morgan fingerprint density at radius 3 is 2.59 bits per heavy atom. The molecule has 1 saturated carbocycles. The molecule has 2 aliphatic rings. The Kier molecular flexibility index (Phi) is 3.39. The maximum absolute atomic E-state index is 10.6. The molecule has 98 valence electrons. The van der Waals surface area contributed by atoms with E-state index in [4.69, 9.17) is 0 Å². The molecule has 1 aliphatic heterocycles. The van der Waals surface area contributed by atoms with Crippen molar-refractivity contribution >= 4 is 0 Å². The normalized spacial score (nSPS) is 46.0. The van der Waals surface area contributed by atoms with Gasteiger partial charge in [-0.2, -0.15) is 0 Å². The maximum Gasteiger partial charge on any atom is 0.0774 e. The molecule has 0 aromatic heterocycles. The summed E-state index contributed by atoms with van der Waals surface area (Å²) in [5, 5.41) is 10.6. The molecule has 2 nitrogen and oxygen atoms in total. The van der Waals surface area contributed by atoms with Gasteiger partial charge in [0, 0.05) is 18.6 Å². The Bertz CT molecular complexity index is 308. The highest BCUT2D eigenvalue weighted by atomic mass is 16.3. The van der Waals surface area contributed by atoms with E-state index in [-0.39, 0.29) is 0 Å². The molecule has 2 heteroatoms. The fourth-order valence-electron chi connectivity index (χ4n) is 3.34. The zero-order valence-electron chi connectivity index (χ0n) is 11.7. The zero-order valence-corrected chi connectivity index (χ0v) is 11.7. The van der Waals surface area contributed by atoms with E-state index in [1.807, 2.05) is 6.92 Å². The lowest BCUT2D eigenvalue weighted by molar-refractivity contribution is -0.0441. The topological polar surface area (TPSA) is 23.2 Å². The largest absolute Gasteiger partial charge is 0.389 e. The van der Waals surface area contributed by atoms with Gasteiger partial charge in [0.05, 0.1) is 5.60 Å². The van der Waals surface area contributed by atoms with Crippen molar-refractivity contribution in [3.8, 4) is 0 Å². The van der Waals surface area contributed by atoms with Gasteiger partial charge in [0.25, 0.3) is 0 Å². The van der Waals surface area contributed by atoms with E-state index >= 15 is 0 Å². The molecule has 0 radical (unpaired) electrons. The summed E-state index contributed by atoms with van der Waals surface area (Å²) in [4.78, 5) is 2.50. The molecule has 2 fully saturated rings. The third kappa shape index (κ3) is 2.58. The van der Waals surface area contributed by atoms with E-state index < -0.39 is 5.60 Å². The van der Waals surface area contributed by atoms with Gasteiger partial charge in [0.1, 0.15) is 0 Å². The van der Waals surface area contributed by atoms with Gasteiger partial charge >= 0.3 is 0 Å². The summed E-state index contributed by atoms with van der Waals surface area (Å²) >= 11 is 0. The second-order valence-corrected chi connectivity index (χ2v) is 6.70. The molecule has 0 aromatic rings. The van der Waals surface area contributed by atoms with Crippen molar-refractivity contribution in [2.45, 2.75) is 64.6 Å². The van der Waals surface area contributed by atoms with E-state index in [0.717, 1.165) is 19.3 Å². The van der Waals surface area contributed by atoms with Gasteiger partial charge in [-0.15, -0.1) is 0 Å². The monoisotopic (exact) mass is 237 g/mol. The third-order valence-corrected chi connectivity index (χ3v) is 4.78. The van der Waals surface area contributed by atoms with Crippen molar-refractivity contribution in [2.24, 2.45) is 11.8 Å². The fraction of sp³-hybridized carbons (Fsp3) is 0.867. The number of hydrogen-bond acceptors (Lipinski definition) is 2. The Labute approximate surface area is 106 Å². The molecule has 17 heavy (non-hydrogen) atoms. The SMILES string of the molecule is C=C(C)[C@@H]1CC[C@](C)(O)[C@@H](N2C[C@H]2C(C)C)C1. The van der Waals surface area contributed by atoms with Crippen molar-refractivity contribution in [1.29, 1.82) is 0 Å². The smallest absolute Gasteiger partial charge is 0.0774 e. The molecule has 2 rings (SSSR count). The number of nitrogens with zero attached hydrogens (tertiary/aromatic N) is 1. The highest BCUT2D eigenvalue weighted by Gasteiger charge is 2.50. The van der Waals surface area contributed by atoms with Gasteiger partial charge in [-0.05, 0) is 44.9 Å². The second kappa shape index (κ2) is 4.40. The summed E-state index contributed by atoms with van der Waals surface area (Å²) in [6.45, 7) is 14.0. The van der Waals surface area contributed by atoms with Crippen LogP contribution < -0.4 is 0 Å². The quantitative estimate of drug-likeness (QED) is 0.602. The Morgan fingerprint density at radius 1 is 1.47 bits per heavy atom. The number of allylic oxidation sites excluding steroid dienone is 1. The van der Waals surface area contributed by atoms with Crippen LogP contribution in [0.1, 0.15) is 47.0 Å². The first kappa shape index (κ1) is 13.1. The minimum atomic E-state index is -0.504. The number of rotatable bonds is 3. The average Bonchev–Trinajstić information content (AvgIpc) is 2.96. The van der Waals surface area contributed by atoms with Crippen molar-refractivity contribution in [3.63, 3.8) is 0 Å². The third-order valence-electron chi connectivity index (χ3n) is 4.78. The number of aliphatic hydroxyl groups is 1. The first-order valence-corrected chi connectivity index (χ1v) is 6.96. The van der Waals surface area contributed by atoms with Gasteiger partial charge in [-0.1, -0.05) is 26.0 Å². The molecule has 0 spiro atoms. The highest BCUT2D eigenvalue weighted by Crippen LogP contribution is 2.43. The van der Waals surface area contributed by atoms with Gasteiger partial charge in [-0.3, -0.25) is 4.90 Å². The van der Waals surface area contributed by atoms with Gasteiger partial charge in [0.2, 0.25) is 0 Å². The Balaban J connectivity index is 2.05. The minimum Gasteiger partial charge on any atom is -0.389 e. The molecule has 0 amide bonds. The average molecular weight is 237 g/mol. The van der Waals surface area contributed by atoms with Crippen LogP contribution in [0.2, 0.25) is 0 Å². The summed E-state index contributed by atoms with van der Waals surface area (Å²) in [6, 6.07) is 1.03. The van der Waals surface area contributed by atoms with Crippen molar-refractivity contribution in [2.75, 3.05) is 6.54 Å². The Hall–Kier alpha value is -0.340. The van der Waals surface area contributed by atoms with Gasteiger partial charge < -0.3 is 5.11 Å². The van der Waals surface area contributed by atoms with E-state index in [1.54, 1.807) is 0 Å². The van der Waals surface area contributed by atoms with E-state index in [2.05, 4.69) is 32.3 Å². The lowest BCUT2D eigenvalue weighted by Crippen LogP contribution is -2.49. The first-order chi connectivity index (χ1) is 7.83. The summed E-state index contributed by atoms with van der Waals surface area (Å²) < 4.78 is 0. The summed E-state index contributed by atoms with van der Waals surface area (Å²) in [5.41, 5.74) is 0.781. The second-order valence-electron chi connectivity index (χ2n) is 6.70. The predicted octanol–water partition coefficient (Wildman–Crippen LogP) is 2.82. The maximum atomic E-state index is 10.6. The molecule has 5 atom stereocenters.